The van der Waals surface area contributed by atoms with Gasteiger partial charge in [0.1, 0.15) is 12.6 Å². The van der Waals surface area contributed by atoms with Crippen LogP contribution >= 0.6 is 15.2 Å². The molecule has 0 rings (SSSR count). The molecule has 22 heavy (non-hydrogen) atoms. The van der Waals surface area contributed by atoms with Crippen molar-refractivity contribution >= 4 is 27.1 Å². The van der Waals surface area contributed by atoms with E-state index >= 15 is 0 Å². The van der Waals surface area contributed by atoms with E-state index in [2.05, 4.69) is 0 Å². The third-order valence-electron chi connectivity index (χ3n) is 1.66. The average Bonchev–Trinajstić information content (AvgIpc) is 2.07. The first-order valence-corrected chi connectivity index (χ1v) is 9.11. The average molecular weight is 366 g/mol. The zero-order valence-corrected chi connectivity index (χ0v) is 13.7. The molecule has 0 heterocycles. The van der Waals surface area contributed by atoms with Crippen molar-refractivity contribution in [1.82, 2.24) is 9.80 Å². The Morgan fingerprint density at radius 3 is 1.14 bits per heavy atom. The number of carbonyl (C=O) groups is 2. The minimum atomic E-state index is -4.12. The number of hydrogen-bond acceptors (Lipinski definition) is 6. The molecule has 0 unspecified atom stereocenters. The molecule has 0 radical (unpaired) electrons. The Balaban J connectivity index is 0. The summed E-state index contributed by atoms with van der Waals surface area (Å²) in [6.07, 6.45) is -1.06. The second kappa shape index (κ2) is 10.0. The number of likely N-dealkylation sites (N-methyl/N-ethyl adjacent to an activating group) is 2. The molecule has 132 valence electrons. The molecule has 14 heteroatoms. The number of carboxylic acid groups (broad SMARTS) is 2. The monoisotopic (exact) mass is 366 g/mol. The molecular formula is C8H20N2O10P2. The van der Waals surface area contributed by atoms with E-state index in [1.807, 2.05) is 0 Å². The number of hydrogen-bond donors (Lipinski definition) is 6. The summed E-state index contributed by atoms with van der Waals surface area (Å²) in [5.41, 5.74) is 0. The molecule has 0 aliphatic heterocycles. The summed E-state index contributed by atoms with van der Waals surface area (Å²) in [6.45, 7) is -0.740. The van der Waals surface area contributed by atoms with Gasteiger partial charge in [0.05, 0.1) is 13.1 Å². The molecule has 0 aromatic heterocycles. The first-order valence-electron chi connectivity index (χ1n) is 5.52. The van der Waals surface area contributed by atoms with Crippen molar-refractivity contribution in [2.24, 2.45) is 0 Å². The van der Waals surface area contributed by atoms with Crippen molar-refractivity contribution in [2.45, 2.75) is 0 Å². The van der Waals surface area contributed by atoms with Gasteiger partial charge in [-0.1, -0.05) is 0 Å². The van der Waals surface area contributed by atoms with Gasteiger partial charge in [-0.05, 0) is 14.1 Å². The highest BCUT2D eigenvalue weighted by molar-refractivity contribution is 7.51. The van der Waals surface area contributed by atoms with E-state index in [1.54, 1.807) is 0 Å². The lowest BCUT2D eigenvalue weighted by Crippen LogP contribution is -2.26. The lowest BCUT2D eigenvalue weighted by Gasteiger charge is -2.13. The van der Waals surface area contributed by atoms with Gasteiger partial charge in [0.25, 0.3) is 0 Å². The highest BCUT2D eigenvalue weighted by Gasteiger charge is 2.18. The maximum Gasteiger partial charge on any atom is 0.339 e. The molecule has 12 nitrogen and oxygen atoms in total. The molecule has 0 fully saturated rings. The first-order chi connectivity index (χ1) is 9.62. The Labute approximate surface area is 126 Å². The fourth-order valence-corrected chi connectivity index (χ4v) is 2.65. The Morgan fingerprint density at radius 2 is 1.00 bits per heavy atom. The molecule has 0 aromatic rings. The van der Waals surface area contributed by atoms with Crippen molar-refractivity contribution in [3.05, 3.63) is 0 Å². The largest absolute Gasteiger partial charge is 0.480 e. The van der Waals surface area contributed by atoms with E-state index in [1.165, 1.54) is 14.1 Å². The van der Waals surface area contributed by atoms with Crippen LogP contribution in [0, 0.1) is 0 Å². The van der Waals surface area contributed by atoms with Crippen LogP contribution in [0.1, 0.15) is 0 Å². The fraction of sp³-hybridized carbons (Fsp3) is 0.750. The number of nitrogens with zero attached hydrogens (tertiary/aromatic N) is 2. The van der Waals surface area contributed by atoms with E-state index < -0.39 is 39.7 Å². The lowest BCUT2D eigenvalue weighted by atomic mass is 10.6. The topological polar surface area (TPSA) is 196 Å². The van der Waals surface area contributed by atoms with Crippen LogP contribution in [0.25, 0.3) is 0 Å². The van der Waals surface area contributed by atoms with Gasteiger partial charge in [-0.3, -0.25) is 28.5 Å². The van der Waals surface area contributed by atoms with Gasteiger partial charge < -0.3 is 29.8 Å². The quantitative estimate of drug-likeness (QED) is 0.266. The van der Waals surface area contributed by atoms with Gasteiger partial charge in [0, 0.05) is 0 Å². The van der Waals surface area contributed by atoms with Crippen LogP contribution in [-0.2, 0) is 18.7 Å². The molecule has 6 N–H and O–H groups in total. The summed E-state index contributed by atoms with van der Waals surface area (Å²) in [6, 6.07) is 0. The number of aliphatic carboxylic acids is 2. The third kappa shape index (κ3) is 21.5. The van der Waals surface area contributed by atoms with Crippen LogP contribution in [0.4, 0.5) is 0 Å². The van der Waals surface area contributed by atoms with E-state index in [0.717, 1.165) is 9.80 Å². The fourth-order valence-electron chi connectivity index (χ4n) is 1.19. The lowest BCUT2D eigenvalue weighted by molar-refractivity contribution is -0.138. The molecule has 0 atom stereocenters. The SMILES string of the molecule is CN(CC(=O)O)CP(=O)(O)O.CN(CC(=O)O)CP(=O)(O)O. The van der Waals surface area contributed by atoms with Crippen LogP contribution < -0.4 is 0 Å². The molecule has 0 aliphatic carbocycles. The predicted octanol–water partition coefficient (Wildman–Crippen LogP) is -1.72. The van der Waals surface area contributed by atoms with Crippen LogP contribution in [-0.4, -0.2) is 91.3 Å². The second-order valence-electron chi connectivity index (χ2n) is 4.43. The minimum Gasteiger partial charge on any atom is -0.480 e. The maximum absolute atomic E-state index is 10.3. The molecule has 0 bridgehead atoms. The summed E-state index contributed by atoms with van der Waals surface area (Å²) in [5.74, 6) is -2.22. The molecule has 0 aromatic carbocycles. The standard InChI is InChI=1S/2C4H10NO5P/c2*1-5(2-4(6)7)3-11(8,9)10/h2*2-3H2,1H3,(H,6,7)(H2,8,9,10). The Kier molecular flexibility index (Phi) is 10.7. The highest BCUT2D eigenvalue weighted by atomic mass is 31.2. The van der Waals surface area contributed by atoms with Gasteiger partial charge in [0.2, 0.25) is 0 Å². The first kappa shape index (κ1) is 23.4. The summed E-state index contributed by atoms with van der Waals surface area (Å²) in [5, 5.41) is 16.4. The molecule has 0 aliphatic rings. The zero-order chi connectivity index (χ0) is 18.1. The van der Waals surface area contributed by atoms with E-state index in [4.69, 9.17) is 29.8 Å². The van der Waals surface area contributed by atoms with Crippen LogP contribution in [0.3, 0.4) is 0 Å². The molecule has 0 spiro atoms. The van der Waals surface area contributed by atoms with Crippen molar-refractivity contribution in [2.75, 3.05) is 39.8 Å². The second-order valence-corrected chi connectivity index (χ2v) is 7.65. The summed E-state index contributed by atoms with van der Waals surface area (Å²) in [7, 11) is -5.58. The van der Waals surface area contributed by atoms with E-state index in [-0.39, 0.29) is 13.1 Å². The molecule has 0 saturated heterocycles. The normalized spacial score (nSPS) is 12.0. The van der Waals surface area contributed by atoms with Crippen LogP contribution in [0.15, 0.2) is 0 Å². The minimum absolute atomic E-state index is 0.370. The summed E-state index contributed by atoms with van der Waals surface area (Å²) in [4.78, 5) is 55.6. The van der Waals surface area contributed by atoms with Crippen molar-refractivity contribution in [3.8, 4) is 0 Å². The molecule has 0 amide bonds. The van der Waals surface area contributed by atoms with Gasteiger partial charge in [-0.2, -0.15) is 0 Å². The van der Waals surface area contributed by atoms with Crippen molar-refractivity contribution in [3.63, 3.8) is 0 Å². The Morgan fingerprint density at radius 1 is 0.773 bits per heavy atom. The van der Waals surface area contributed by atoms with Crippen molar-refractivity contribution < 1.29 is 48.5 Å². The molecule has 0 saturated carbocycles. The van der Waals surface area contributed by atoms with Gasteiger partial charge in [-0.15, -0.1) is 0 Å². The zero-order valence-electron chi connectivity index (χ0n) is 11.9. The van der Waals surface area contributed by atoms with Crippen LogP contribution in [0.5, 0.6) is 0 Å². The summed E-state index contributed by atoms with van der Waals surface area (Å²) < 4.78 is 20.6. The summed E-state index contributed by atoms with van der Waals surface area (Å²) >= 11 is 0. The number of carboxylic acids is 2. The Hall–Kier alpha value is -0.840. The van der Waals surface area contributed by atoms with E-state index in [9.17, 15) is 18.7 Å². The van der Waals surface area contributed by atoms with Gasteiger partial charge >= 0.3 is 27.1 Å². The maximum atomic E-state index is 10.3. The van der Waals surface area contributed by atoms with Gasteiger partial charge in [0.15, 0.2) is 0 Å². The van der Waals surface area contributed by atoms with E-state index in [0.29, 0.717) is 0 Å². The number of rotatable bonds is 8. The van der Waals surface area contributed by atoms with Crippen molar-refractivity contribution in [1.29, 1.82) is 0 Å². The molecular weight excluding hydrogens is 346 g/mol. The smallest absolute Gasteiger partial charge is 0.339 e. The Bertz CT molecular complexity index is 416. The highest BCUT2D eigenvalue weighted by Crippen LogP contribution is 2.34. The van der Waals surface area contributed by atoms with Gasteiger partial charge in [-0.25, -0.2) is 0 Å². The van der Waals surface area contributed by atoms with Crippen LogP contribution in [0.2, 0.25) is 0 Å². The third-order valence-corrected chi connectivity index (χ3v) is 3.36. The predicted molar refractivity (Wildman–Crippen MR) is 74.4 cm³/mol.